The van der Waals surface area contributed by atoms with Crippen molar-refractivity contribution in [2.75, 3.05) is 6.73 Å². The lowest BCUT2D eigenvalue weighted by Crippen LogP contribution is -2.23. The normalized spacial score (nSPS) is 11.1. The summed E-state index contributed by atoms with van der Waals surface area (Å²) < 4.78 is 0. The molecule has 0 heterocycles. The van der Waals surface area contributed by atoms with Crippen LogP contribution in [0, 0.1) is 0 Å². The van der Waals surface area contributed by atoms with E-state index in [0.29, 0.717) is 5.56 Å². The van der Waals surface area contributed by atoms with Crippen LogP contribution in [0.1, 0.15) is 87.1 Å². The van der Waals surface area contributed by atoms with Gasteiger partial charge < -0.3 is 10.4 Å². The molecular weight excluding hydrogens is 298 g/mol. The molecule has 3 nitrogen and oxygen atoms in total. The summed E-state index contributed by atoms with van der Waals surface area (Å²) in [6.07, 6.45) is 17.5. The third kappa shape index (κ3) is 9.51. The molecule has 0 aliphatic carbocycles. The average Bonchev–Trinajstić information content (AvgIpc) is 2.60. The minimum Gasteiger partial charge on any atom is -0.376 e. The number of allylic oxidation sites excluding steroid dienone is 1. The molecule has 3 heteroatoms. The molecule has 24 heavy (non-hydrogen) atoms. The minimum absolute atomic E-state index is 0.244. The molecule has 0 spiro atoms. The highest BCUT2D eigenvalue weighted by atomic mass is 16.3. The van der Waals surface area contributed by atoms with E-state index < -0.39 is 0 Å². The number of amides is 1. The second kappa shape index (κ2) is 13.8. The molecule has 0 atom stereocenters. The summed E-state index contributed by atoms with van der Waals surface area (Å²) in [5.74, 6) is -0.244. The summed E-state index contributed by atoms with van der Waals surface area (Å²) in [7, 11) is 0. The Morgan fingerprint density at radius 1 is 1.04 bits per heavy atom. The molecule has 1 aromatic carbocycles. The van der Waals surface area contributed by atoms with E-state index in [1.165, 1.54) is 57.8 Å². The minimum atomic E-state index is -0.336. The molecule has 0 aromatic heterocycles. The van der Waals surface area contributed by atoms with E-state index in [9.17, 15) is 4.79 Å². The fourth-order valence-electron chi connectivity index (χ4n) is 2.75. The Morgan fingerprint density at radius 3 is 2.38 bits per heavy atom. The van der Waals surface area contributed by atoms with Gasteiger partial charge in [0.2, 0.25) is 0 Å². The largest absolute Gasteiger partial charge is 0.376 e. The van der Waals surface area contributed by atoms with Crippen LogP contribution in [0.3, 0.4) is 0 Å². The first-order chi connectivity index (χ1) is 11.8. The van der Waals surface area contributed by atoms with Gasteiger partial charge in [-0.3, -0.25) is 4.79 Å². The van der Waals surface area contributed by atoms with Gasteiger partial charge in [0.15, 0.2) is 0 Å². The molecule has 0 fully saturated rings. The lowest BCUT2D eigenvalue weighted by molar-refractivity contribution is 0.0910. The van der Waals surface area contributed by atoms with Gasteiger partial charge in [0.1, 0.15) is 6.73 Å². The van der Waals surface area contributed by atoms with Crippen molar-refractivity contribution in [1.29, 1.82) is 0 Å². The first-order valence-corrected chi connectivity index (χ1v) is 9.43. The quantitative estimate of drug-likeness (QED) is 0.380. The second-order valence-corrected chi connectivity index (χ2v) is 6.31. The zero-order valence-corrected chi connectivity index (χ0v) is 15.1. The second-order valence-electron chi connectivity index (χ2n) is 6.31. The van der Waals surface area contributed by atoms with Gasteiger partial charge in [0, 0.05) is 5.56 Å². The number of aliphatic hydroxyl groups is 1. The van der Waals surface area contributed by atoms with Crippen LogP contribution in [0.15, 0.2) is 30.3 Å². The molecule has 0 aliphatic rings. The Morgan fingerprint density at radius 2 is 1.71 bits per heavy atom. The molecule has 134 valence electrons. The van der Waals surface area contributed by atoms with Crippen LogP contribution >= 0.6 is 0 Å². The van der Waals surface area contributed by atoms with Crippen molar-refractivity contribution in [3.63, 3.8) is 0 Å². The predicted octanol–water partition coefficient (Wildman–Crippen LogP) is 5.30. The van der Waals surface area contributed by atoms with Crippen molar-refractivity contribution in [3.8, 4) is 0 Å². The molecular formula is C21H33NO2. The van der Waals surface area contributed by atoms with Crippen LogP contribution in [0.25, 0.3) is 6.08 Å². The van der Waals surface area contributed by atoms with Crippen molar-refractivity contribution < 1.29 is 9.90 Å². The van der Waals surface area contributed by atoms with Gasteiger partial charge in [0.05, 0.1) is 0 Å². The first kappa shape index (κ1) is 20.4. The Kier molecular flexibility index (Phi) is 11.7. The average molecular weight is 332 g/mol. The number of benzene rings is 1. The fourth-order valence-corrected chi connectivity index (χ4v) is 2.75. The maximum absolute atomic E-state index is 11.7. The number of unbranched alkanes of at least 4 members (excludes halogenated alkanes) is 9. The van der Waals surface area contributed by atoms with Crippen molar-refractivity contribution in [2.24, 2.45) is 0 Å². The zero-order valence-electron chi connectivity index (χ0n) is 15.1. The third-order valence-electron chi connectivity index (χ3n) is 4.17. The van der Waals surface area contributed by atoms with Gasteiger partial charge in [-0.15, -0.1) is 0 Å². The zero-order chi connectivity index (χ0) is 17.5. The molecule has 0 bridgehead atoms. The number of aliphatic hydroxyl groups excluding tert-OH is 1. The Labute approximate surface area is 147 Å². The number of carbonyl (C=O) groups is 1. The van der Waals surface area contributed by atoms with E-state index in [1.807, 2.05) is 18.2 Å². The summed E-state index contributed by atoms with van der Waals surface area (Å²) >= 11 is 0. The number of hydrogen-bond donors (Lipinski definition) is 2. The van der Waals surface area contributed by atoms with Crippen LogP contribution in [-0.2, 0) is 0 Å². The predicted molar refractivity (Wildman–Crippen MR) is 102 cm³/mol. The number of hydrogen-bond acceptors (Lipinski definition) is 2. The van der Waals surface area contributed by atoms with E-state index in [4.69, 9.17) is 5.11 Å². The highest BCUT2D eigenvalue weighted by Gasteiger charge is 2.03. The maximum Gasteiger partial charge on any atom is 0.253 e. The van der Waals surface area contributed by atoms with Crippen molar-refractivity contribution in [2.45, 2.75) is 71.1 Å². The molecule has 0 aliphatic heterocycles. The topological polar surface area (TPSA) is 49.3 Å². The SMILES string of the molecule is CCCCCCCCCCCC=Cc1cccc(C(=O)NCO)c1. The van der Waals surface area contributed by atoms with E-state index in [0.717, 1.165) is 12.0 Å². The highest BCUT2D eigenvalue weighted by molar-refractivity contribution is 5.94. The molecule has 0 saturated carbocycles. The monoisotopic (exact) mass is 331 g/mol. The third-order valence-corrected chi connectivity index (χ3v) is 4.17. The lowest BCUT2D eigenvalue weighted by Gasteiger charge is -2.02. The highest BCUT2D eigenvalue weighted by Crippen LogP contribution is 2.12. The van der Waals surface area contributed by atoms with E-state index in [1.54, 1.807) is 6.07 Å². The first-order valence-electron chi connectivity index (χ1n) is 9.43. The summed E-state index contributed by atoms with van der Waals surface area (Å²) in [5, 5.41) is 11.1. The summed E-state index contributed by atoms with van der Waals surface area (Å²) in [6.45, 7) is 1.92. The molecule has 0 radical (unpaired) electrons. The van der Waals surface area contributed by atoms with Gasteiger partial charge in [-0.05, 0) is 30.5 Å². The maximum atomic E-state index is 11.7. The molecule has 1 amide bonds. The molecule has 0 unspecified atom stereocenters. The van der Waals surface area contributed by atoms with E-state index >= 15 is 0 Å². The van der Waals surface area contributed by atoms with Crippen LogP contribution < -0.4 is 5.32 Å². The lowest BCUT2D eigenvalue weighted by atomic mass is 10.1. The number of carbonyl (C=O) groups excluding carboxylic acids is 1. The number of nitrogens with one attached hydrogen (secondary N) is 1. The molecule has 0 saturated heterocycles. The smallest absolute Gasteiger partial charge is 0.253 e. The van der Waals surface area contributed by atoms with Gasteiger partial charge >= 0.3 is 0 Å². The number of rotatable bonds is 13. The van der Waals surface area contributed by atoms with Crippen molar-refractivity contribution in [3.05, 3.63) is 41.5 Å². The van der Waals surface area contributed by atoms with Crippen LogP contribution in [-0.4, -0.2) is 17.7 Å². The summed E-state index contributed by atoms with van der Waals surface area (Å²) in [5.41, 5.74) is 1.60. The molecule has 1 aromatic rings. The van der Waals surface area contributed by atoms with Gasteiger partial charge in [-0.1, -0.05) is 82.6 Å². The Bertz CT molecular complexity index is 482. The van der Waals surface area contributed by atoms with E-state index in [-0.39, 0.29) is 12.6 Å². The fraction of sp³-hybridized carbons (Fsp3) is 0.571. The van der Waals surface area contributed by atoms with Crippen molar-refractivity contribution in [1.82, 2.24) is 5.32 Å². The van der Waals surface area contributed by atoms with Crippen LogP contribution in [0.5, 0.6) is 0 Å². The van der Waals surface area contributed by atoms with Gasteiger partial charge in [-0.25, -0.2) is 0 Å². The standard InChI is InChI=1S/C21H33NO2/c1-2-3-4-5-6-7-8-9-10-11-12-14-19-15-13-16-20(17-19)21(24)22-18-23/h12-17,23H,2-11,18H2,1H3,(H,22,24). The summed E-state index contributed by atoms with van der Waals surface area (Å²) in [6, 6.07) is 7.45. The van der Waals surface area contributed by atoms with Gasteiger partial charge in [-0.2, -0.15) is 0 Å². The van der Waals surface area contributed by atoms with Crippen molar-refractivity contribution >= 4 is 12.0 Å². The van der Waals surface area contributed by atoms with E-state index in [2.05, 4.69) is 24.4 Å². The van der Waals surface area contributed by atoms with Gasteiger partial charge in [0.25, 0.3) is 5.91 Å². The van der Waals surface area contributed by atoms with Crippen LogP contribution in [0.4, 0.5) is 0 Å². The molecule has 1 rings (SSSR count). The molecule has 2 N–H and O–H groups in total. The Hall–Kier alpha value is -1.61. The van der Waals surface area contributed by atoms with Crippen LogP contribution in [0.2, 0.25) is 0 Å². The summed E-state index contributed by atoms with van der Waals surface area (Å²) in [4.78, 5) is 11.7. The Balaban J connectivity index is 2.14.